The smallest absolute Gasteiger partial charge is 0.302 e. The number of carbonyl (C=O) groups is 3. The molecular weight excluding hydrogens is 284 g/mol. The Morgan fingerprint density at radius 1 is 1.27 bits per heavy atom. The van der Waals surface area contributed by atoms with Gasteiger partial charge in [0.2, 0.25) is 0 Å². The third kappa shape index (κ3) is 1.66. The first-order valence-corrected chi connectivity index (χ1v) is 7.47. The average Bonchev–Trinajstić information content (AvgIpc) is 3.19. The zero-order chi connectivity index (χ0) is 16.5. The summed E-state index contributed by atoms with van der Waals surface area (Å²) >= 11 is 0. The van der Waals surface area contributed by atoms with Crippen molar-refractivity contribution in [2.45, 2.75) is 46.1 Å². The second-order valence-corrected chi connectivity index (χ2v) is 7.07. The van der Waals surface area contributed by atoms with Crippen LogP contribution in [0.1, 0.15) is 40.5 Å². The van der Waals surface area contributed by atoms with Crippen molar-refractivity contribution in [3.8, 4) is 0 Å². The van der Waals surface area contributed by atoms with Crippen LogP contribution in [0.3, 0.4) is 0 Å². The number of fused-ring (bicyclic) bond motifs is 1. The van der Waals surface area contributed by atoms with E-state index in [0.29, 0.717) is 18.4 Å². The predicted octanol–water partition coefficient (Wildman–Crippen LogP) is 1.50. The van der Waals surface area contributed by atoms with Crippen molar-refractivity contribution in [2.75, 3.05) is 6.61 Å². The molecule has 2 unspecified atom stereocenters. The highest BCUT2D eigenvalue weighted by Gasteiger charge is 2.66. The van der Waals surface area contributed by atoms with Gasteiger partial charge in [-0.15, -0.1) is 0 Å². The van der Waals surface area contributed by atoms with E-state index in [0.717, 1.165) is 5.57 Å². The highest BCUT2D eigenvalue weighted by atomic mass is 16.5. The third-order valence-electron chi connectivity index (χ3n) is 5.51. The summed E-state index contributed by atoms with van der Waals surface area (Å²) in [4.78, 5) is 36.5. The fourth-order valence-corrected chi connectivity index (χ4v) is 3.85. The number of ether oxygens (including phenoxy) is 1. The largest absolute Gasteiger partial charge is 0.464 e. The van der Waals surface area contributed by atoms with Crippen LogP contribution < -0.4 is 0 Å². The molecule has 1 fully saturated rings. The summed E-state index contributed by atoms with van der Waals surface area (Å²) in [6.07, 6.45) is 2.98. The molecule has 0 saturated heterocycles. The van der Waals surface area contributed by atoms with E-state index < -0.39 is 28.2 Å². The van der Waals surface area contributed by atoms with Crippen LogP contribution in [-0.4, -0.2) is 34.9 Å². The molecule has 0 bridgehead atoms. The lowest BCUT2D eigenvalue weighted by Gasteiger charge is -2.38. The topological polar surface area (TPSA) is 80.7 Å². The van der Waals surface area contributed by atoms with Gasteiger partial charge in [0.1, 0.15) is 12.2 Å². The number of rotatable bonds is 2. The van der Waals surface area contributed by atoms with Crippen LogP contribution in [0.25, 0.3) is 0 Å². The molecule has 0 aliphatic heterocycles. The number of hydrogen-bond donors (Lipinski definition) is 1. The third-order valence-corrected chi connectivity index (χ3v) is 5.51. The molecule has 0 aromatic carbocycles. The molecule has 0 aromatic rings. The maximum atomic E-state index is 12.8. The first-order chi connectivity index (χ1) is 10.1. The van der Waals surface area contributed by atoms with Crippen molar-refractivity contribution in [3.05, 3.63) is 22.8 Å². The van der Waals surface area contributed by atoms with E-state index in [2.05, 4.69) is 0 Å². The van der Waals surface area contributed by atoms with Crippen LogP contribution >= 0.6 is 0 Å². The Morgan fingerprint density at radius 2 is 1.86 bits per heavy atom. The van der Waals surface area contributed by atoms with Gasteiger partial charge in [-0.2, -0.15) is 0 Å². The first kappa shape index (κ1) is 15.2. The van der Waals surface area contributed by atoms with E-state index in [1.807, 2.05) is 6.92 Å². The summed E-state index contributed by atoms with van der Waals surface area (Å²) in [7, 11) is 0. The second kappa shape index (κ2) is 4.16. The molecule has 118 valence electrons. The maximum absolute atomic E-state index is 12.8. The number of allylic oxidation sites excluding steroid dienone is 1. The van der Waals surface area contributed by atoms with E-state index in [1.54, 1.807) is 13.0 Å². The first-order valence-electron chi connectivity index (χ1n) is 7.47. The number of esters is 1. The second-order valence-electron chi connectivity index (χ2n) is 7.07. The summed E-state index contributed by atoms with van der Waals surface area (Å²) in [6, 6.07) is 0. The lowest BCUT2D eigenvalue weighted by atomic mass is 9.68. The quantitative estimate of drug-likeness (QED) is 0.782. The van der Waals surface area contributed by atoms with Gasteiger partial charge in [0.15, 0.2) is 11.6 Å². The van der Waals surface area contributed by atoms with E-state index >= 15 is 0 Å². The van der Waals surface area contributed by atoms with Gasteiger partial charge in [0, 0.05) is 23.5 Å². The van der Waals surface area contributed by atoms with Crippen LogP contribution in [0, 0.1) is 10.8 Å². The van der Waals surface area contributed by atoms with Crippen molar-refractivity contribution in [3.63, 3.8) is 0 Å². The minimum absolute atomic E-state index is 0.0934. The Bertz CT molecular complexity index is 675. The Hall–Kier alpha value is -1.75. The summed E-state index contributed by atoms with van der Waals surface area (Å²) in [5.74, 6) is -1.06. The molecule has 3 aliphatic rings. The molecular formula is C17H20O5. The van der Waals surface area contributed by atoms with Crippen LogP contribution in [0.15, 0.2) is 22.8 Å². The van der Waals surface area contributed by atoms with Crippen molar-refractivity contribution in [1.29, 1.82) is 0 Å². The van der Waals surface area contributed by atoms with Gasteiger partial charge in [-0.25, -0.2) is 0 Å². The zero-order valence-electron chi connectivity index (χ0n) is 13.3. The molecule has 5 heteroatoms. The number of ketones is 2. The van der Waals surface area contributed by atoms with E-state index in [1.165, 1.54) is 13.8 Å². The van der Waals surface area contributed by atoms with E-state index in [-0.39, 0.29) is 18.0 Å². The molecule has 0 aromatic heterocycles. The molecule has 0 heterocycles. The lowest BCUT2D eigenvalue weighted by Crippen LogP contribution is -2.49. The summed E-state index contributed by atoms with van der Waals surface area (Å²) in [5.41, 5.74) is -1.62. The van der Waals surface area contributed by atoms with E-state index in [4.69, 9.17) is 4.74 Å². The molecule has 1 saturated carbocycles. The standard InChI is InChI=1S/C17H20O5/c1-9-12-11(13(19)16(4,21)17(9)5-6-17)7-15(3,14(12)20)8-22-10(2)18/h7,21H,5-6,8H2,1-4H3. The molecule has 5 nitrogen and oxygen atoms in total. The van der Waals surface area contributed by atoms with Crippen molar-refractivity contribution in [1.82, 2.24) is 0 Å². The van der Waals surface area contributed by atoms with Crippen molar-refractivity contribution in [2.24, 2.45) is 10.8 Å². The van der Waals surface area contributed by atoms with Gasteiger partial charge in [-0.1, -0.05) is 11.6 Å². The monoisotopic (exact) mass is 304 g/mol. The molecule has 1 spiro atoms. The maximum Gasteiger partial charge on any atom is 0.302 e. The highest BCUT2D eigenvalue weighted by Crippen LogP contribution is 2.64. The van der Waals surface area contributed by atoms with Crippen LogP contribution in [-0.2, 0) is 19.1 Å². The normalized spacial score (nSPS) is 35.6. The van der Waals surface area contributed by atoms with Crippen LogP contribution in [0.4, 0.5) is 0 Å². The van der Waals surface area contributed by atoms with Gasteiger partial charge >= 0.3 is 5.97 Å². The summed E-state index contributed by atoms with van der Waals surface area (Å²) in [6.45, 7) is 6.21. The molecule has 1 N–H and O–H groups in total. The van der Waals surface area contributed by atoms with Gasteiger partial charge in [0.25, 0.3) is 0 Å². The lowest BCUT2D eigenvalue weighted by molar-refractivity contribution is -0.145. The fraction of sp³-hybridized carbons (Fsp3) is 0.588. The molecule has 0 amide bonds. The Morgan fingerprint density at radius 3 is 2.36 bits per heavy atom. The SMILES string of the molecule is CC(=O)OCC1(C)C=C2C(=O)C(C)(O)C3(CC3)C(C)=C2C1=O. The van der Waals surface area contributed by atoms with Gasteiger partial charge in [-0.05, 0) is 33.6 Å². The average molecular weight is 304 g/mol. The molecule has 22 heavy (non-hydrogen) atoms. The Balaban J connectivity index is 2.11. The molecule has 0 radical (unpaired) electrons. The minimum atomic E-state index is -1.47. The zero-order valence-corrected chi connectivity index (χ0v) is 13.3. The molecule has 3 aliphatic carbocycles. The van der Waals surface area contributed by atoms with Gasteiger partial charge < -0.3 is 9.84 Å². The van der Waals surface area contributed by atoms with Gasteiger partial charge in [-0.3, -0.25) is 14.4 Å². The highest BCUT2D eigenvalue weighted by molar-refractivity contribution is 6.23. The Labute approximate surface area is 129 Å². The fourth-order valence-electron chi connectivity index (χ4n) is 3.85. The Kier molecular flexibility index (Phi) is 2.87. The predicted molar refractivity (Wildman–Crippen MR) is 77.8 cm³/mol. The summed E-state index contributed by atoms with van der Waals surface area (Å²) < 4.78 is 4.99. The van der Waals surface area contributed by atoms with Crippen LogP contribution in [0.2, 0.25) is 0 Å². The van der Waals surface area contributed by atoms with Crippen molar-refractivity contribution >= 4 is 17.5 Å². The van der Waals surface area contributed by atoms with Gasteiger partial charge in [0.05, 0.1) is 5.41 Å². The molecule has 2 atom stereocenters. The number of hydrogen-bond acceptors (Lipinski definition) is 5. The number of Topliss-reactive ketones (excluding diaryl/α,β-unsaturated/α-hetero) is 2. The van der Waals surface area contributed by atoms with Crippen LogP contribution in [0.5, 0.6) is 0 Å². The van der Waals surface area contributed by atoms with Crippen molar-refractivity contribution < 1.29 is 24.2 Å². The minimum Gasteiger partial charge on any atom is -0.464 e. The number of aliphatic hydroxyl groups is 1. The molecule has 3 rings (SSSR count). The van der Waals surface area contributed by atoms with E-state index in [9.17, 15) is 19.5 Å². The summed E-state index contributed by atoms with van der Waals surface area (Å²) in [5, 5.41) is 10.7. The number of carbonyl (C=O) groups excluding carboxylic acids is 3.